The number of alkyl halides is 1. The lowest BCUT2D eigenvalue weighted by Crippen LogP contribution is -2.41. The van der Waals surface area contributed by atoms with Crippen LogP contribution < -0.4 is 34.4 Å². The van der Waals surface area contributed by atoms with E-state index in [0.29, 0.717) is 43.2 Å². The third kappa shape index (κ3) is 2.69. The van der Waals surface area contributed by atoms with Gasteiger partial charge in [-0.25, -0.2) is 14.0 Å². The summed E-state index contributed by atoms with van der Waals surface area (Å²) in [7, 11) is 0. The molecule has 0 aliphatic carbocycles. The van der Waals surface area contributed by atoms with Gasteiger partial charge in [-0.15, -0.1) is 0 Å². The van der Waals surface area contributed by atoms with Crippen LogP contribution >= 0.6 is 0 Å². The minimum absolute atomic E-state index is 0.346. The molecular weight excluding hydrogens is 348 g/mol. The number of likely N-dealkylation sites (N-methyl/N-ethyl adjacent to an activating group) is 1. The molecule has 3 aliphatic rings. The second kappa shape index (κ2) is 6.40. The SMILES string of the molecule is CCN1CCOc2cc3c(cc21)Oc1cc2c(cc1=N3)OCC[N+]=2CC[18F]. The Bertz CT molecular complexity index is 1040. The maximum atomic E-state index is 12.9. The molecule has 140 valence electrons. The van der Waals surface area contributed by atoms with Crippen LogP contribution in [0.25, 0.3) is 0 Å². The molecule has 0 spiro atoms. The summed E-state index contributed by atoms with van der Waals surface area (Å²) in [6.07, 6.45) is 0. The van der Waals surface area contributed by atoms with E-state index in [-0.39, 0.29) is 0 Å². The number of nitrogens with zero attached hydrogens (tertiary/aromatic N) is 3. The Balaban J connectivity index is 1.65. The molecule has 2 aromatic rings. The molecule has 2 aromatic carbocycles. The molecule has 0 N–H and O–H groups in total. The van der Waals surface area contributed by atoms with Crippen LogP contribution in [0, 0.1) is 0 Å². The van der Waals surface area contributed by atoms with Crippen LogP contribution in [0.1, 0.15) is 6.92 Å². The lowest BCUT2D eigenvalue weighted by Gasteiger charge is -2.31. The standard InChI is InChI=1S/C20H21FN3O3/c1-2-23-5-7-25-19-9-13-17(11-15(19)23)27-18-12-16-20(10-14(18)22-13)26-8-6-24(16)4-3-21/h9-12H,2-8H2,1H3/q+1/i21-1. The van der Waals surface area contributed by atoms with Crippen LogP contribution in [0.3, 0.4) is 0 Å². The Morgan fingerprint density at radius 2 is 1.96 bits per heavy atom. The first-order valence-corrected chi connectivity index (χ1v) is 9.34. The van der Waals surface area contributed by atoms with Gasteiger partial charge in [0.05, 0.1) is 18.3 Å². The lowest BCUT2D eigenvalue weighted by molar-refractivity contribution is 0.264. The van der Waals surface area contributed by atoms with Gasteiger partial charge in [0, 0.05) is 24.7 Å². The summed E-state index contributed by atoms with van der Waals surface area (Å²) < 4.78 is 32.6. The van der Waals surface area contributed by atoms with Gasteiger partial charge in [-0.3, -0.25) is 0 Å². The Morgan fingerprint density at radius 3 is 2.81 bits per heavy atom. The van der Waals surface area contributed by atoms with Crippen molar-refractivity contribution in [2.75, 3.05) is 51.0 Å². The molecule has 0 bridgehead atoms. The molecule has 0 unspecified atom stereocenters. The highest BCUT2D eigenvalue weighted by Crippen LogP contribution is 2.44. The summed E-state index contributed by atoms with van der Waals surface area (Å²) in [4.78, 5) is 7.02. The fourth-order valence-corrected chi connectivity index (χ4v) is 3.82. The van der Waals surface area contributed by atoms with Crippen molar-refractivity contribution in [2.24, 2.45) is 4.99 Å². The molecule has 0 aromatic heterocycles. The molecular formula is C20H21FN3O3+. The van der Waals surface area contributed by atoms with Crippen LogP contribution in [0.2, 0.25) is 0 Å². The van der Waals surface area contributed by atoms with Crippen molar-refractivity contribution < 1.29 is 18.6 Å². The van der Waals surface area contributed by atoms with Crippen molar-refractivity contribution in [2.45, 2.75) is 6.92 Å². The Labute approximate surface area is 156 Å². The Kier molecular flexibility index (Phi) is 3.88. The zero-order chi connectivity index (χ0) is 18.4. The third-order valence-corrected chi connectivity index (χ3v) is 5.20. The lowest BCUT2D eigenvalue weighted by atomic mass is 10.1. The van der Waals surface area contributed by atoms with Crippen LogP contribution in [-0.2, 0) is 0 Å². The smallest absolute Gasteiger partial charge is 0.246 e. The third-order valence-electron chi connectivity index (χ3n) is 5.20. The molecule has 7 heteroatoms. The van der Waals surface area contributed by atoms with Crippen molar-refractivity contribution in [3.63, 3.8) is 0 Å². The number of fused-ring (bicyclic) bond motifs is 4. The van der Waals surface area contributed by atoms with Gasteiger partial charge in [0.1, 0.15) is 36.7 Å². The maximum absolute atomic E-state index is 12.9. The molecule has 0 radical (unpaired) electrons. The highest BCUT2D eigenvalue weighted by Gasteiger charge is 2.25. The average molecular weight is 369 g/mol. The van der Waals surface area contributed by atoms with Gasteiger partial charge in [0.25, 0.3) is 0 Å². The summed E-state index contributed by atoms with van der Waals surface area (Å²) in [6.45, 7) is 5.72. The van der Waals surface area contributed by atoms with Gasteiger partial charge < -0.3 is 19.1 Å². The number of hydrogen-bond acceptors (Lipinski definition) is 5. The zero-order valence-corrected chi connectivity index (χ0v) is 15.2. The summed E-state index contributed by atoms with van der Waals surface area (Å²) >= 11 is 0. The molecule has 0 saturated heterocycles. The predicted octanol–water partition coefficient (Wildman–Crippen LogP) is 1.82. The average Bonchev–Trinajstić information content (AvgIpc) is 2.69. The van der Waals surface area contributed by atoms with Crippen LogP contribution in [0.5, 0.6) is 23.0 Å². The van der Waals surface area contributed by atoms with Gasteiger partial charge in [-0.2, -0.15) is 0 Å². The molecule has 5 rings (SSSR count). The van der Waals surface area contributed by atoms with Gasteiger partial charge in [0.2, 0.25) is 5.36 Å². The molecule has 27 heavy (non-hydrogen) atoms. The van der Waals surface area contributed by atoms with Crippen molar-refractivity contribution in [1.82, 2.24) is 4.58 Å². The van der Waals surface area contributed by atoms with E-state index in [1.165, 1.54) is 0 Å². The number of rotatable bonds is 3. The Morgan fingerprint density at radius 1 is 1.07 bits per heavy atom. The van der Waals surface area contributed by atoms with E-state index < -0.39 is 6.67 Å². The van der Waals surface area contributed by atoms with Crippen molar-refractivity contribution >= 4 is 11.4 Å². The molecule has 0 fully saturated rings. The van der Waals surface area contributed by atoms with E-state index in [9.17, 15) is 4.39 Å². The molecule has 3 heterocycles. The molecule has 0 saturated carbocycles. The number of ether oxygens (including phenoxy) is 3. The van der Waals surface area contributed by atoms with Crippen LogP contribution in [0.15, 0.2) is 29.3 Å². The number of benzene rings is 2. The van der Waals surface area contributed by atoms with E-state index in [1.807, 2.05) is 28.8 Å². The number of hydrogen-bond donors (Lipinski definition) is 0. The van der Waals surface area contributed by atoms with E-state index in [4.69, 9.17) is 19.2 Å². The normalized spacial score (nSPS) is 16.7. The van der Waals surface area contributed by atoms with Crippen molar-refractivity contribution in [1.29, 1.82) is 0 Å². The monoisotopic (exact) mass is 369 g/mol. The topological polar surface area (TPSA) is 46.3 Å². The van der Waals surface area contributed by atoms with E-state index in [2.05, 4.69) is 11.8 Å². The minimum atomic E-state index is -0.399. The van der Waals surface area contributed by atoms with E-state index >= 15 is 0 Å². The Hall–Kier alpha value is -2.83. The second-order valence-corrected chi connectivity index (χ2v) is 6.74. The van der Waals surface area contributed by atoms with Crippen LogP contribution in [-0.4, -0.2) is 46.1 Å². The van der Waals surface area contributed by atoms with Crippen molar-refractivity contribution in [3.05, 3.63) is 35.0 Å². The summed E-state index contributed by atoms with van der Waals surface area (Å²) in [6, 6.07) is 7.70. The molecule has 6 nitrogen and oxygen atoms in total. The fraction of sp³-hybridized carbons (Fsp3) is 0.400. The summed E-state index contributed by atoms with van der Waals surface area (Å²) in [5.74, 6) is 2.92. The highest BCUT2D eigenvalue weighted by atomic mass is 18.2. The van der Waals surface area contributed by atoms with Gasteiger partial charge in [-0.05, 0) is 6.92 Å². The first-order chi connectivity index (χ1) is 13.3. The predicted molar refractivity (Wildman–Crippen MR) is 99.2 cm³/mol. The van der Waals surface area contributed by atoms with Crippen LogP contribution in [0.4, 0.5) is 15.8 Å². The number of halogens is 1. The first-order valence-electron chi connectivity index (χ1n) is 9.34. The van der Waals surface area contributed by atoms with Gasteiger partial charge in [0.15, 0.2) is 30.3 Å². The molecule has 3 aliphatic heterocycles. The van der Waals surface area contributed by atoms with E-state index in [0.717, 1.165) is 41.3 Å². The highest BCUT2D eigenvalue weighted by molar-refractivity contribution is 5.72. The first kappa shape index (κ1) is 16.4. The summed E-state index contributed by atoms with van der Waals surface area (Å²) in [5, 5.41) is 1.57. The van der Waals surface area contributed by atoms with Crippen molar-refractivity contribution in [3.8, 4) is 23.0 Å². The zero-order valence-electron chi connectivity index (χ0n) is 15.2. The minimum Gasteiger partial charge on any atom is -0.489 e. The quantitative estimate of drug-likeness (QED) is 0.661. The van der Waals surface area contributed by atoms with Gasteiger partial charge in [-0.1, -0.05) is 0 Å². The number of anilines is 1. The largest absolute Gasteiger partial charge is 0.489 e. The summed E-state index contributed by atoms with van der Waals surface area (Å²) in [5.41, 5.74) is 1.78. The second-order valence-electron chi connectivity index (χ2n) is 6.74. The molecule has 0 atom stereocenters. The van der Waals surface area contributed by atoms with Gasteiger partial charge >= 0.3 is 0 Å². The maximum Gasteiger partial charge on any atom is 0.246 e. The molecule has 0 amide bonds. The fourth-order valence-electron chi connectivity index (χ4n) is 3.82. The van der Waals surface area contributed by atoms with E-state index in [1.54, 1.807) is 0 Å².